The van der Waals surface area contributed by atoms with Gasteiger partial charge in [0.05, 0.1) is 0 Å². The predicted molar refractivity (Wildman–Crippen MR) is 44.3 cm³/mol. The fraction of sp³-hybridized carbons (Fsp3) is 0.125. The number of carboxylic acids is 1. The summed E-state index contributed by atoms with van der Waals surface area (Å²) in [6, 6.07) is 2.29. The van der Waals surface area contributed by atoms with Crippen molar-refractivity contribution in [2.45, 2.75) is 6.04 Å². The Balaban J connectivity index is 3.08. The van der Waals surface area contributed by atoms with E-state index >= 15 is 0 Å². The number of carbonyl (C=O) groups is 1. The number of nitrogens with two attached hydrogens (primary N) is 1. The number of rotatable bonds is 2. The maximum Gasteiger partial charge on any atom is 0.325 e. The number of carboxylic acid groups (broad SMARTS) is 1. The van der Waals surface area contributed by atoms with Crippen molar-refractivity contribution >= 4 is 5.97 Å². The molecule has 0 heterocycles. The number of benzene rings is 1. The highest BCUT2D eigenvalue weighted by Gasteiger charge is 2.17. The molecule has 0 fully saturated rings. The van der Waals surface area contributed by atoms with Crippen LogP contribution < -0.4 is 5.73 Å². The zero-order chi connectivity index (χ0) is 10.0. The normalized spacial score (nSPS) is 12.4. The van der Waals surface area contributed by atoms with Crippen molar-refractivity contribution in [3.63, 3.8) is 0 Å². The molecule has 0 aromatic heterocycles. The van der Waals surface area contributed by atoms with Gasteiger partial charge in [0.1, 0.15) is 17.5 Å². The molecule has 1 aromatic carbocycles. The summed E-state index contributed by atoms with van der Waals surface area (Å²) in [5.74, 6) is -1.70. The topological polar surface area (TPSA) is 104 Å². The van der Waals surface area contributed by atoms with Crippen molar-refractivity contribution in [1.82, 2.24) is 0 Å². The molecule has 0 radical (unpaired) electrons. The van der Waals surface area contributed by atoms with Crippen LogP contribution in [0.25, 0.3) is 0 Å². The molecule has 1 unspecified atom stereocenters. The van der Waals surface area contributed by atoms with Crippen LogP contribution in [0.15, 0.2) is 18.2 Å². The van der Waals surface area contributed by atoms with E-state index in [0.717, 1.165) is 6.07 Å². The van der Waals surface area contributed by atoms with Crippen LogP contribution in [-0.4, -0.2) is 21.3 Å². The Morgan fingerprint density at radius 1 is 1.38 bits per heavy atom. The standard InChI is InChI=1S/C8H9NO4/c9-7(8(12)13)5-2-1-4(10)3-6(5)11/h1-3,7,10-11H,9H2,(H,12,13). The molecule has 0 spiro atoms. The zero-order valence-electron chi connectivity index (χ0n) is 6.64. The van der Waals surface area contributed by atoms with Gasteiger partial charge in [-0.05, 0) is 12.1 Å². The van der Waals surface area contributed by atoms with Gasteiger partial charge in [0.15, 0.2) is 0 Å². The molecule has 0 saturated carbocycles. The van der Waals surface area contributed by atoms with Gasteiger partial charge in [-0.2, -0.15) is 0 Å². The first kappa shape index (κ1) is 9.34. The third kappa shape index (κ3) is 1.88. The van der Waals surface area contributed by atoms with Gasteiger partial charge in [0.2, 0.25) is 0 Å². The van der Waals surface area contributed by atoms with Gasteiger partial charge >= 0.3 is 5.97 Å². The number of phenols is 2. The Morgan fingerprint density at radius 2 is 2.00 bits per heavy atom. The first-order chi connectivity index (χ1) is 6.02. The molecule has 1 rings (SSSR count). The van der Waals surface area contributed by atoms with Crippen molar-refractivity contribution < 1.29 is 20.1 Å². The van der Waals surface area contributed by atoms with Crippen molar-refractivity contribution in [1.29, 1.82) is 0 Å². The zero-order valence-corrected chi connectivity index (χ0v) is 6.64. The molecule has 5 nitrogen and oxygen atoms in total. The van der Waals surface area contributed by atoms with Crippen molar-refractivity contribution in [2.75, 3.05) is 0 Å². The summed E-state index contributed by atoms with van der Waals surface area (Å²) < 4.78 is 0. The highest BCUT2D eigenvalue weighted by atomic mass is 16.4. The largest absolute Gasteiger partial charge is 0.508 e. The summed E-state index contributed by atoms with van der Waals surface area (Å²) in [6.07, 6.45) is 0. The van der Waals surface area contributed by atoms with E-state index in [1.807, 2.05) is 0 Å². The highest BCUT2D eigenvalue weighted by Crippen LogP contribution is 2.26. The number of aromatic hydroxyl groups is 2. The maximum absolute atomic E-state index is 10.4. The van der Waals surface area contributed by atoms with Crippen LogP contribution in [0.2, 0.25) is 0 Å². The molecule has 0 saturated heterocycles. The average Bonchev–Trinajstić information content (AvgIpc) is 2.03. The lowest BCUT2D eigenvalue weighted by Gasteiger charge is -2.08. The summed E-state index contributed by atoms with van der Waals surface area (Å²) in [7, 11) is 0. The van der Waals surface area contributed by atoms with Gasteiger partial charge in [0, 0.05) is 11.6 Å². The predicted octanol–water partition coefficient (Wildman–Crippen LogP) is 0.182. The Labute approximate surface area is 74.0 Å². The molecule has 0 amide bonds. The number of aliphatic carboxylic acids is 1. The number of hydrogen-bond acceptors (Lipinski definition) is 4. The van der Waals surface area contributed by atoms with Crippen LogP contribution in [0.4, 0.5) is 0 Å². The van der Waals surface area contributed by atoms with Gasteiger partial charge in [0.25, 0.3) is 0 Å². The fourth-order valence-electron chi connectivity index (χ4n) is 0.928. The highest BCUT2D eigenvalue weighted by molar-refractivity contribution is 5.76. The molecule has 70 valence electrons. The second-order valence-electron chi connectivity index (χ2n) is 2.56. The van der Waals surface area contributed by atoms with E-state index in [9.17, 15) is 9.90 Å². The molecule has 5 heteroatoms. The van der Waals surface area contributed by atoms with E-state index < -0.39 is 12.0 Å². The van der Waals surface area contributed by atoms with E-state index in [1.165, 1.54) is 12.1 Å². The Hall–Kier alpha value is -1.75. The fourth-order valence-corrected chi connectivity index (χ4v) is 0.928. The Kier molecular flexibility index (Phi) is 2.39. The monoisotopic (exact) mass is 183 g/mol. The summed E-state index contributed by atoms with van der Waals surface area (Å²) in [6.45, 7) is 0. The van der Waals surface area contributed by atoms with Crippen LogP contribution in [0.1, 0.15) is 11.6 Å². The second kappa shape index (κ2) is 3.32. The molecule has 5 N–H and O–H groups in total. The molecule has 1 atom stereocenters. The minimum atomic E-state index is -1.28. The first-order valence-corrected chi connectivity index (χ1v) is 3.52. The molecule has 13 heavy (non-hydrogen) atoms. The molecular formula is C8H9NO4. The van der Waals surface area contributed by atoms with Crippen LogP contribution in [0.3, 0.4) is 0 Å². The SMILES string of the molecule is NC(C(=O)O)c1ccc(O)cc1O. The molecular weight excluding hydrogens is 174 g/mol. The smallest absolute Gasteiger partial charge is 0.325 e. The van der Waals surface area contributed by atoms with E-state index in [2.05, 4.69) is 0 Å². The van der Waals surface area contributed by atoms with E-state index in [-0.39, 0.29) is 17.1 Å². The Morgan fingerprint density at radius 3 is 2.46 bits per heavy atom. The van der Waals surface area contributed by atoms with E-state index in [1.54, 1.807) is 0 Å². The third-order valence-corrected chi connectivity index (χ3v) is 1.62. The number of phenolic OH excluding ortho intramolecular Hbond substituents is 2. The minimum absolute atomic E-state index is 0.0744. The van der Waals surface area contributed by atoms with Gasteiger partial charge in [-0.25, -0.2) is 0 Å². The average molecular weight is 183 g/mol. The van der Waals surface area contributed by atoms with Crippen molar-refractivity contribution in [3.8, 4) is 11.5 Å². The summed E-state index contributed by atoms with van der Waals surface area (Å²) in [5.41, 5.74) is 5.32. The number of hydrogen-bond donors (Lipinski definition) is 4. The molecule has 0 bridgehead atoms. The summed E-state index contributed by atoms with van der Waals surface area (Å²) >= 11 is 0. The van der Waals surface area contributed by atoms with Crippen LogP contribution in [0, 0.1) is 0 Å². The Bertz CT molecular complexity index is 337. The first-order valence-electron chi connectivity index (χ1n) is 3.52. The van der Waals surface area contributed by atoms with Crippen LogP contribution >= 0.6 is 0 Å². The van der Waals surface area contributed by atoms with Crippen LogP contribution in [0.5, 0.6) is 11.5 Å². The van der Waals surface area contributed by atoms with Gasteiger partial charge in [-0.1, -0.05) is 0 Å². The maximum atomic E-state index is 10.4. The summed E-state index contributed by atoms with van der Waals surface area (Å²) in [4.78, 5) is 10.4. The van der Waals surface area contributed by atoms with E-state index in [0.29, 0.717) is 0 Å². The molecule has 0 aliphatic rings. The minimum Gasteiger partial charge on any atom is -0.508 e. The lowest BCUT2D eigenvalue weighted by Crippen LogP contribution is -2.20. The molecule has 1 aromatic rings. The second-order valence-corrected chi connectivity index (χ2v) is 2.56. The van der Waals surface area contributed by atoms with Crippen molar-refractivity contribution in [2.24, 2.45) is 5.73 Å². The molecule has 0 aliphatic heterocycles. The van der Waals surface area contributed by atoms with Gasteiger partial charge < -0.3 is 21.1 Å². The lowest BCUT2D eigenvalue weighted by atomic mass is 10.1. The van der Waals surface area contributed by atoms with Gasteiger partial charge in [-0.15, -0.1) is 0 Å². The lowest BCUT2D eigenvalue weighted by molar-refractivity contribution is -0.138. The van der Waals surface area contributed by atoms with Crippen LogP contribution in [-0.2, 0) is 4.79 Å². The third-order valence-electron chi connectivity index (χ3n) is 1.62. The quantitative estimate of drug-likeness (QED) is 0.523. The van der Waals surface area contributed by atoms with Crippen molar-refractivity contribution in [3.05, 3.63) is 23.8 Å². The van der Waals surface area contributed by atoms with E-state index in [4.69, 9.17) is 15.9 Å². The molecule has 0 aliphatic carbocycles. The summed E-state index contributed by atoms with van der Waals surface area (Å²) in [5, 5.41) is 26.6. The van der Waals surface area contributed by atoms with Gasteiger partial charge in [-0.3, -0.25) is 4.79 Å².